The molecule has 2 aliphatic heterocycles. The van der Waals surface area contributed by atoms with Gasteiger partial charge in [0.05, 0.1) is 12.1 Å². The monoisotopic (exact) mass is 892 g/mol. The Morgan fingerprint density at radius 2 is 0.950 bits per heavy atom. The van der Waals surface area contributed by atoms with E-state index in [1.807, 2.05) is 121 Å². The number of hydrogen-bond acceptors (Lipinski definition) is 6. The Bertz CT molecular complexity index is 1890. The van der Waals surface area contributed by atoms with Crippen LogP contribution in [0, 0.1) is 0 Å². The maximum Gasteiger partial charge on any atom is 0.252 e. The molecule has 2 aliphatic rings. The second kappa shape index (κ2) is 22.9. The van der Waals surface area contributed by atoms with Gasteiger partial charge in [-0.25, -0.2) is 0 Å². The Labute approximate surface area is 375 Å². The van der Waals surface area contributed by atoms with Gasteiger partial charge in [0.15, 0.2) is 0 Å². The summed E-state index contributed by atoms with van der Waals surface area (Å²) in [5.41, 5.74) is 3.83. The van der Waals surface area contributed by atoms with Crippen molar-refractivity contribution in [2.75, 3.05) is 27.2 Å². The van der Waals surface area contributed by atoms with Gasteiger partial charge in [0, 0.05) is 58.1 Å². The van der Waals surface area contributed by atoms with Crippen molar-refractivity contribution in [3.63, 3.8) is 0 Å². The van der Waals surface area contributed by atoms with Gasteiger partial charge in [-0.3, -0.25) is 9.59 Å². The summed E-state index contributed by atoms with van der Waals surface area (Å²) in [5, 5.41) is 9.04. The van der Waals surface area contributed by atoms with Crippen LogP contribution in [0.4, 0.5) is 0 Å². The molecule has 60 heavy (non-hydrogen) atoms. The minimum atomic E-state index is -0.582. The zero-order chi connectivity index (χ0) is 43.3. The highest BCUT2D eigenvalue weighted by molar-refractivity contribution is 6.31. The number of carbonyl (C=O) groups is 2. The Morgan fingerprint density at radius 3 is 1.25 bits per heavy atom. The summed E-state index contributed by atoms with van der Waals surface area (Å²) in [4.78, 5) is 31.1. The van der Waals surface area contributed by atoms with E-state index in [1.165, 1.54) is 0 Å². The number of carbonyl (C=O) groups excluding carboxylic acids is 2. The summed E-state index contributed by atoms with van der Waals surface area (Å²) < 4.78 is 12.8. The molecule has 4 aromatic rings. The van der Waals surface area contributed by atoms with E-state index in [0.717, 1.165) is 35.1 Å². The number of ether oxygens (including phenoxy) is 2. The Morgan fingerprint density at radius 1 is 0.583 bits per heavy atom. The first-order valence-corrected chi connectivity index (χ1v) is 22.0. The molecule has 2 amide bonds. The van der Waals surface area contributed by atoms with E-state index in [1.54, 1.807) is 12.2 Å². The first kappa shape index (κ1) is 47.4. The lowest BCUT2D eigenvalue weighted by atomic mass is 9.89. The zero-order valence-electron chi connectivity index (χ0n) is 34.7. The molecule has 8 atom stereocenters. The minimum Gasteiger partial charge on any atom is -0.358 e. The minimum absolute atomic E-state index is 0.0149. The first-order chi connectivity index (χ1) is 29.0. The van der Waals surface area contributed by atoms with Crippen LogP contribution in [0.3, 0.4) is 0 Å². The predicted octanol–water partition coefficient (Wildman–Crippen LogP) is 11.2. The number of morpholine rings is 2. The van der Waals surface area contributed by atoms with Gasteiger partial charge < -0.3 is 29.9 Å². The number of nitrogens with zero attached hydrogens (tertiary/aromatic N) is 2. The SMILES string of the molecule is C=CC[C@@H]1O[C@H](c2cccc(Cl)c2)[C@@H](c2ccc(Cl)cc2)N([C@@H](CC)CNC)C1=O.C=CC[C@H]1O[C@H](c2cccc(Cl)c2)[C@@H](c2ccc(Cl)cc2)N([C@@H](CC)CNC)C1=O. The number of likely N-dealkylation sites (N-methyl/N-ethyl adjacent to an activating group) is 2. The van der Waals surface area contributed by atoms with Gasteiger partial charge in [-0.1, -0.05) is 121 Å². The molecule has 0 saturated carbocycles. The van der Waals surface area contributed by atoms with Crippen LogP contribution in [0.5, 0.6) is 0 Å². The largest absolute Gasteiger partial charge is 0.358 e. The number of hydrogen-bond donors (Lipinski definition) is 2. The molecule has 0 aromatic heterocycles. The molecule has 0 spiro atoms. The Balaban J connectivity index is 0.000000228. The molecular weight excluding hydrogens is 838 g/mol. The third-order valence-electron chi connectivity index (χ3n) is 11.0. The van der Waals surface area contributed by atoms with E-state index >= 15 is 0 Å². The third kappa shape index (κ3) is 11.4. The van der Waals surface area contributed by atoms with Crippen LogP contribution in [-0.4, -0.2) is 73.1 Å². The molecular formula is C48H56Cl4N4O4. The molecule has 0 unspecified atom stereocenters. The van der Waals surface area contributed by atoms with E-state index < -0.39 is 12.2 Å². The number of benzene rings is 4. The van der Waals surface area contributed by atoms with Gasteiger partial charge in [0.25, 0.3) is 11.8 Å². The maximum absolute atomic E-state index is 13.6. The molecule has 0 radical (unpaired) electrons. The topological polar surface area (TPSA) is 83.1 Å². The molecule has 2 fully saturated rings. The molecule has 2 N–H and O–H groups in total. The van der Waals surface area contributed by atoms with Crippen molar-refractivity contribution in [2.45, 2.75) is 88.1 Å². The van der Waals surface area contributed by atoms with E-state index in [9.17, 15) is 9.59 Å². The number of nitrogens with one attached hydrogen (secondary N) is 2. The van der Waals surface area contributed by atoms with E-state index in [2.05, 4.69) is 37.6 Å². The van der Waals surface area contributed by atoms with Crippen LogP contribution in [0.15, 0.2) is 122 Å². The molecule has 12 heteroatoms. The van der Waals surface area contributed by atoms with Crippen molar-refractivity contribution in [1.29, 1.82) is 0 Å². The fourth-order valence-corrected chi connectivity index (χ4v) is 8.83. The molecule has 2 saturated heterocycles. The van der Waals surface area contributed by atoms with Gasteiger partial charge in [0.2, 0.25) is 0 Å². The smallest absolute Gasteiger partial charge is 0.252 e. The summed E-state index contributed by atoms with van der Waals surface area (Å²) in [6, 6.07) is 30.0. The van der Waals surface area contributed by atoms with Crippen LogP contribution < -0.4 is 10.6 Å². The fraction of sp³-hybridized carbons (Fsp3) is 0.375. The van der Waals surface area contributed by atoms with Crippen LogP contribution in [0.1, 0.15) is 86.1 Å². The summed E-state index contributed by atoms with van der Waals surface area (Å²) in [6.07, 6.45) is 4.12. The highest BCUT2D eigenvalue weighted by atomic mass is 35.5. The Kier molecular flexibility index (Phi) is 18.1. The maximum atomic E-state index is 13.6. The van der Waals surface area contributed by atoms with E-state index in [4.69, 9.17) is 55.9 Å². The number of halogens is 4. The Hall–Kier alpha value is -3.70. The van der Waals surface area contributed by atoms with Crippen molar-refractivity contribution in [3.05, 3.63) is 165 Å². The van der Waals surface area contributed by atoms with Crippen molar-refractivity contribution < 1.29 is 19.1 Å². The van der Waals surface area contributed by atoms with Gasteiger partial charge >= 0.3 is 0 Å². The van der Waals surface area contributed by atoms with Gasteiger partial charge in [-0.05, 0) is 97.7 Å². The second-order valence-corrected chi connectivity index (χ2v) is 16.7. The van der Waals surface area contributed by atoms with Crippen LogP contribution in [-0.2, 0) is 19.1 Å². The van der Waals surface area contributed by atoms with E-state index in [0.29, 0.717) is 46.0 Å². The highest BCUT2D eigenvalue weighted by Gasteiger charge is 2.47. The van der Waals surface area contributed by atoms with Crippen molar-refractivity contribution >= 4 is 58.2 Å². The second-order valence-electron chi connectivity index (χ2n) is 15.0. The molecule has 320 valence electrons. The zero-order valence-corrected chi connectivity index (χ0v) is 37.7. The average Bonchev–Trinajstić information content (AvgIpc) is 3.24. The molecule has 8 nitrogen and oxygen atoms in total. The molecule has 4 aromatic carbocycles. The van der Waals surface area contributed by atoms with Crippen molar-refractivity contribution in [2.24, 2.45) is 0 Å². The summed E-state index contributed by atoms with van der Waals surface area (Å²) in [6.45, 7) is 13.2. The van der Waals surface area contributed by atoms with Gasteiger partial charge in [0.1, 0.15) is 24.4 Å². The predicted molar refractivity (Wildman–Crippen MR) is 246 cm³/mol. The molecule has 2 heterocycles. The number of amides is 2. The summed E-state index contributed by atoms with van der Waals surface area (Å²) in [5.74, 6) is -0.0366. The lowest BCUT2D eigenvalue weighted by Gasteiger charge is -2.48. The van der Waals surface area contributed by atoms with Crippen LogP contribution >= 0.6 is 46.4 Å². The average molecular weight is 895 g/mol. The van der Waals surface area contributed by atoms with Crippen molar-refractivity contribution in [1.82, 2.24) is 20.4 Å². The van der Waals surface area contributed by atoms with Gasteiger partial charge in [-0.15, -0.1) is 13.2 Å². The molecule has 0 aliphatic carbocycles. The van der Waals surface area contributed by atoms with Crippen molar-refractivity contribution in [3.8, 4) is 0 Å². The van der Waals surface area contributed by atoms with Crippen LogP contribution in [0.2, 0.25) is 20.1 Å². The highest BCUT2D eigenvalue weighted by Crippen LogP contribution is 2.46. The third-order valence-corrected chi connectivity index (χ3v) is 12.0. The fourth-order valence-electron chi connectivity index (χ4n) is 8.18. The molecule has 0 bridgehead atoms. The van der Waals surface area contributed by atoms with Crippen LogP contribution in [0.25, 0.3) is 0 Å². The van der Waals surface area contributed by atoms with E-state index in [-0.39, 0.29) is 48.2 Å². The summed E-state index contributed by atoms with van der Waals surface area (Å²) >= 11 is 24.9. The number of rotatable bonds is 16. The lowest BCUT2D eigenvalue weighted by molar-refractivity contribution is -0.179. The quantitative estimate of drug-likeness (QED) is 0.109. The normalized spacial score (nSPS) is 22.7. The lowest BCUT2D eigenvalue weighted by Crippen LogP contribution is -2.56. The molecule has 6 rings (SSSR count). The summed E-state index contributed by atoms with van der Waals surface area (Å²) in [7, 11) is 3.81. The first-order valence-electron chi connectivity index (χ1n) is 20.5. The van der Waals surface area contributed by atoms with Gasteiger partial charge in [-0.2, -0.15) is 0 Å². The standard InChI is InChI=1S/2C24H28Cl2N2O2/c2*1-4-7-21-24(29)28(20(5-2)15-27-3)22(16-10-12-18(25)13-11-16)23(30-21)17-8-6-9-19(26)14-17/h2*4,6,8-14,20-23,27H,1,5,7,15H2,2-3H3/t20-,21+,22+,23+;20-,21-,22+,23+/m00/s1.